The summed E-state index contributed by atoms with van der Waals surface area (Å²) >= 11 is 7.92. The minimum atomic E-state index is -0.252. The molecule has 2 unspecified atom stereocenters. The minimum Gasteiger partial charge on any atom is -0.313 e. The predicted molar refractivity (Wildman–Crippen MR) is 87.3 cm³/mol. The van der Waals surface area contributed by atoms with E-state index in [1.54, 1.807) is 6.07 Å². The van der Waals surface area contributed by atoms with E-state index < -0.39 is 0 Å². The lowest BCUT2D eigenvalue weighted by Crippen LogP contribution is -2.41. The van der Waals surface area contributed by atoms with Crippen LogP contribution in [0, 0.1) is 5.82 Å². The van der Waals surface area contributed by atoms with Gasteiger partial charge in [-0.2, -0.15) is 11.8 Å². The lowest BCUT2D eigenvalue weighted by atomic mass is 9.99. The summed E-state index contributed by atoms with van der Waals surface area (Å²) in [6, 6.07) is 5.65. The smallest absolute Gasteiger partial charge is 0.145 e. The third kappa shape index (κ3) is 4.37. The van der Waals surface area contributed by atoms with Gasteiger partial charge in [0.2, 0.25) is 0 Å². The van der Waals surface area contributed by atoms with E-state index in [1.165, 1.54) is 25.0 Å². The van der Waals surface area contributed by atoms with Crippen molar-refractivity contribution in [3.8, 4) is 0 Å². The molecule has 112 valence electrons. The number of benzene rings is 1. The van der Waals surface area contributed by atoms with Crippen LogP contribution in [0.1, 0.15) is 38.2 Å². The first kappa shape index (κ1) is 16.1. The van der Waals surface area contributed by atoms with Gasteiger partial charge >= 0.3 is 0 Å². The third-order valence-electron chi connectivity index (χ3n) is 3.79. The molecule has 0 amide bonds. The van der Waals surface area contributed by atoms with Crippen LogP contribution >= 0.6 is 23.4 Å². The molecule has 1 heterocycles. The zero-order chi connectivity index (χ0) is 14.4. The summed E-state index contributed by atoms with van der Waals surface area (Å²) in [4.78, 5) is 0. The van der Waals surface area contributed by atoms with Crippen molar-refractivity contribution >= 4 is 23.4 Å². The molecule has 0 aromatic heterocycles. The van der Waals surface area contributed by atoms with E-state index >= 15 is 0 Å². The third-order valence-corrected chi connectivity index (χ3v) is 5.60. The first-order valence-corrected chi connectivity index (χ1v) is 8.93. The summed E-state index contributed by atoms with van der Waals surface area (Å²) in [6.07, 6.45) is 5.66. The topological polar surface area (TPSA) is 12.0 Å². The quantitative estimate of drug-likeness (QED) is 0.818. The number of hydrogen-bond acceptors (Lipinski definition) is 2. The van der Waals surface area contributed by atoms with Crippen LogP contribution in [0.3, 0.4) is 0 Å². The molecule has 0 radical (unpaired) electrons. The molecule has 2 atom stereocenters. The Morgan fingerprint density at radius 3 is 3.00 bits per heavy atom. The molecule has 20 heavy (non-hydrogen) atoms. The molecule has 1 aliphatic rings. The highest BCUT2D eigenvalue weighted by Gasteiger charge is 2.25. The SMILES string of the molecule is CCCNC(Cc1cccc(Cl)c1F)C1CCCCS1. The summed E-state index contributed by atoms with van der Waals surface area (Å²) in [5, 5.41) is 4.42. The molecular formula is C16H23ClFNS. The molecule has 0 saturated carbocycles. The van der Waals surface area contributed by atoms with Crippen molar-refractivity contribution in [2.24, 2.45) is 0 Å². The van der Waals surface area contributed by atoms with Gasteiger partial charge in [-0.05, 0) is 49.6 Å². The first-order valence-electron chi connectivity index (χ1n) is 7.50. The van der Waals surface area contributed by atoms with Crippen molar-refractivity contribution in [1.82, 2.24) is 5.32 Å². The van der Waals surface area contributed by atoms with Gasteiger partial charge in [-0.3, -0.25) is 0 Å². The molecule has 1 nitrogen and oxygen atoms in total. The average molecular weight is 316 g/mol. The van der Waals surface area contributed by atoms with E-state index in [9.17, 15) is 4.39 Å². The first-order chi connectivity index (χ1) is 9.72. The number of nitrogens with one attached hydrogen (secondary N) is 1. The zero-order valence-electron chi connectivity index (χ0n) is 12.0. The molecule has 0 bridgehead atoms. The normalized spacial score (nSPS) is 20.9. The highest BCUT2D eigenvalue weighted by Crippen LogP contribution is 2.30. The van der Waals surface area contributed by atoms with Crippen molar-refractivity contribution in [1.29, 1.82) is 0 Å². The highest BCUT2D eigenvalue weighted by molar-refractivity contribution is 8.00. The summed E-state index contributed by atoms with van der Waals surface area (Å²) in [5.74, 6) is 0.978. The molecular weight excluding hydrogens is 293 g/mol. The Balaban J connectivity index is 2.07. The van der Waals surface area contributed by atoms with Crippen molar-refractivity contribution in [2.45, 2.75) is 50.3 Å². The van der Waals surface area contributed by atoms with Crippen molar-refractivity contribution in [3.05, 3.63) is 34.6 Å². The fraction of sp³-hybridized carbons (Fsp3) is 0.625. The van der Waals surface area contributed by atoms with Crippen LogP contribution in [0.15, 0.2) is 18.2 Å². The molecule has 1 aliphatic heterocycles. The molecule has 0 spiro atoms. The van der Waals surface area contributed by atoms with Gasteiger partial charge < -0.3 is 5.32 Å². The van der Waals surface area contributed by atoms with Crippen molar-refractivity contribution < 1.29 is 4.39 Å². The molecule has 0 aliphatic carbocycles. The second kappa shape index (κ2) is 8.26. The maximum Gasteiger partial charge on any atom is 0.145 e. The second-order valence-electron chi connectivity index (χ2n) is 5.38. The summed E-state index contributed by atoms with van der Waals surface area (Å²) < 4.78 is 14.1. The fourth-order valence-corrected chi connectivity index (χ4v) is 4.32. The van der Waals surface area contributed by atoms with Gasteiger partial charge in [0, 0.05) is 11.3 Å². The van der Waals surface area contributed by atoms with Crippen LogP contribution in [0.5, 0.6) is 0 Å². The standard InChI is InChI=1S/C16H23ClFNS/c1-2-9-19-14(15-8-3-4-10-20-15)11-12-6-5-7-13(17)16(12)18/h5-7,14-15,19H,2-4,8-11H2,1H3. The van der Waals surface area contributed by atoms with E-state index in [-0.39, 0.29) is 10.8 Å². The van der Waals surface area contributed by atoms with E-state index in [1.807, 2.05) is 23.9 Å². The van der Waals surface area contributed by atoms with Crippen LogP contribution in [0.25, 0.3) is 0 Å². The maximum absolute atomic E-state index is 14.1. The number of halogens is 2. The van der Waals surface area contributed by atoms with Crippen LogP contribution in [-0.4, -0.2) is 23.6 Å². The fourth-order valence-electron chi connectivity index (χ4n) is 2.69. The Morgan fingerprint density at radius 1 is 1.45 bits per heavy atom. The van der Waals surface area contributed by atoms with Gasteiger partial charge in [0.1, 0.15) is 5.82 Å². The van der Waals surface area contributed by atoms with Crippen LogP contribution in [0.2, 0.25) is 5.02 Å². The Labute approximate surface area is 130 Å². The summed E-state index contributed by atoms with van der Waals surface area (Å²) in [7, 11) is 0. The van der Waals surface area contributed by atoms with Gasteiger partial charge in [-0.15, -0.1) is 0 Å². The Morgan fingerprint density at radius 2 is 2.30 bits per heavy atom. The van der Waals surface area contributed by atoms with Crippen LogP contribution < -0.4 is 5.32 Å². The van der Waals surface area contributed by atoms with Crippen molar-refractivity contribution in [3.63, 3.8) is 0 Å². The average Bonchev–Trinajstić information content (AvgIpc) is 2.48. The highest BCUT2D eigenvalue weighted by atomic mass is 35.5. The number of rotatable bonds is 6. The molecule has 1 fully saturated rings. The molecule has 1 N–H and O–H groups in total. The van der Waals surface area contributed by atoms with Crippen LogP contribution in [-0.2, 0) is 6.42 Å². The van der Waals surface area contributed by atoms with Gasteiger partial charge in [0.25, 0.3) is 0 Å². The largest absolute Gasteiger partial charge is 0.313 e. The molecule has 4 heteroatoms. The predicted octanol–water partition coefficient (Wildman–Crippen LogP) is 4.68. The van der Waals surface area contributed by atoms with Gasteiger partial charge in [-0.1, -0.05) is 37.1 Å². The van der Waals surface area contributed by atoms with Gasteiger partial charge in [0.05, 0.1) is 5.02 Å². The monoisotopic (exact) mass is 315 g/mol. The zero-order valence-corrected chi connectivity index (χ0v) is 13.6. The second-order valence-corrected chi connectivity index (χ2v) is 7.14. The van der Waals surface area contributed by atoms with E-state index in [0.717, 1.165) is 24.9 Å². The Hall–Kier alpha value is -0.250. The Bertz CT molecular complexity index is 421. The van der Waals surface area contributed by atoms with Gasteiger partial charge in [-0.25, -0.2) is 4.39 Å². The lowest BCUT2D eigenvalue weighted by molar-refractivity contribution is 0.454. The molecule has 1 aromatic rings. The van der Waals surface area contributed by atoms with E-state index in [4.69, 9.17) is 11.6 Å². The molecule has 2 rings (SSSR count). The van der Waals surface area contributed by atoms with Crippen LogP contribution in [0.4, 0.5) is 4.39 Å². The Kier molecular flexibility index (Phi) is 6.66. The number of hydrogen-bond donors (Lipinski definition) is 1. The minimum absolute atomic E-state index is 0.230. The number of thioether (sulfide) groups is 1. The van der Waals surface area contributed by atoms with Crippen molar-refractivity contribution in [2.75, 3.05) is 12.3 Å². The molecule has 1 aromatic carbocycles. The lowest BCUT2D eigenvalue weighted by Gasteiger charge is -2.31. The molecule has 1 saturated heterocycles. The summed E-state index contributed by atoms with van der Waals surface area (Å²) in [5.41, 5.74) is 0.734. The van der Waals surface area contributed by atoms with E-state index in [0.29, 0.717) is 11.3 Å². The maximum atomic E-state index is 14.1. The van der Waals surface area contributed by atoms with Gasteiger partial charge in [0.15, 0.2) is 0 Å². The summed E-state index contributed by atoms with van der Waals surface area (Å²) in [6.45, 7) is 3.15. The van der Waals surface area contributed by atoms with E-state index in [2.05, 4.69) is 12.2 Å².